The summed E-state index contributed by atoms with van der Waals surface area (Å²) in [5.74, 6) is -0.0135. The fourth-order valence-corrected chi connectivity index (χ4v) is 4.68. The molecule has 1 aliphatic heterocycles. The summed E-state index contributed by atoms with van der Waals surface area (Å²) in [6.07, 6.45) is 1.60. The van der Waals surface area contributed by atoms with E-state index in [1.54, 1.807) is 0 Å². The van der Waals surface area contributed by atoms with E-state index in [1.165, 1.54) is 23.8 Å². The summed E-state index contributed by atoms with van der Waals surface area (Å²) in [7, 11) is -3.86. The number of hydrogen-bond donors (Lipinski definition) is 2. The third-order valence-corrected chi connectivity index (χ3v) is 6.75. The van der Waals surface area contributed by atoms with Crippen molar-refractivity contribution < 1.29 is 17.9 Å². The van der Waals surface area contributed by atoms with E-state index in [0.29, 0.717) is 18.2 Å². The summed E-state index contributed by atoms with van der Waals surface area (Å²) in [6, 6.07) is 11.8. The van der Waals surface area contributed by atoms with Crippen LogP contribution in [0.2, 0.25) is 5.02 Å². The summed E-state index contributed by atoms with van der Waals surface area (Å²) in [5, 5.41) is 2.84. The number of carbonyl (C=O) groups is 1. The number of nitrogens with one attached hydrogen (secondary N) is 2. The molecule has 1 aliphatic rings. The van der Waals surface area contributed by atoms with E-state index in [1.807, 2.05) is 24.3 Å². The Morgan fingerprint density at radius 2 is 1.93 bits per heavy atom. The molecule has 1 atom stereocenters. The Morgan fingerprint density at radius 1 is 1.21 bits per heavy atom. The Kier molecular flexibility index (Phi) is 6.95. The Morgan fingerprint density at radius 3 is 2.55 bits per heavy atom. The van der Waals surface area contributed by atoms with Crippen molar-refractivity contribution in [3.63, 3.8) is 0 Å². The molecule has 1 fully saturated rings. The van der Waals surface area contributed by atoms with Gasteiger partial charge in [0.05, 0.1) is 11.1 Å². The molecule has 29 heavy (non-hydrogen) atoms. The zero-order valence-electron chi connectivity index (χ0n) is 16.4. The number of ether oxygens (including phenoxy) is 1. The van der Waals surface area contributed by atoms with Crippen LogP contribution in [0.3, 0.4) is 0 Å². The monoisotopic (exact) mass is 436 g/mol. The lowest BCUT2D eigenvalue weighted by Gasteiger charge is -2.13. The lowest BCUT2D eigenvalue weighted by atomic mass is 10.0. The van der Waals surface area contributed by atoms with Crippen LogP contribution >= 0.6 is 11.6 Å². The van der Waals surface area contributed by atoms with E-state index < -0.39 is 15.9 Å². The third-order valence-electron chi connectivity index (χ3n) is 4.84. The largest absolute Gasteiger partial charge is 0.377 e. The zero-order chi connectivity index (χ0) is 21.0. The van der Waals surface area contributed by atoms with Gasteiger partial charge in [0.2, 0.25) is 10.0 Å². The fraction of sp³-hybridized carbons (Fsp3) is 0.381. The number of rotatable bonds is 7. The molecule has 0 radical (unpaired) electrons. The molecule has 0 aromatic heterocycles. The predicted molar refractivity (Wildman–Crippen MR) is 114 cm³/mol. The van der Waals surface area contributed by atoms with Crippen molar-refractivity contribution in [1.29, 1.82) is 0 Å². The molecule has 8 heteroatoms. The summed E-state index contributed by atoms with van der Waals surface area (Å²) in [5.41, 5.74) is 2.01. The second-order valence-corrected chi connectivity index (χ2v) is 9.51. The van der Waals surface area contributed by atoms with Crippen LogP contribution in [0.1, 0.15) is 48.5 Å². The number of benzene rings is 2. The first-order valence-corrected chi connectivity index (χ1v) is 11.4. The molecule has 1 saturated heterocycles. The highest BCUT2D eigenvalue weighted by molar-refractivity contribution is 7.89. The average molecular weight is 437 g/mol. The van der Waals surface area contributed by atoms with E-state index in [4.69, 9.17) is 16.3 Å². The molecule has 6 nitrogen and oxygen atoms in total. The van der Waals surface area contributed by atoms with E-state index >= 15 is 0 Å². The molecule has 1 unspecified atom stereocenters. The zero-order valence-corrected chi connectivity index (χ0v) is 18.0. The Bertz CT molecular complexity index is 969. The number of hydrogen-bond acceptors (Lipinski definition) is 4. The number of carbonyl (C=O) groups excluding carboxylic acids is 1. The van der Waals surface area contributed by atoms with Crippen molar-refractivity contribution in [3.05, 3.63) is 58.6 Å². The summed E-state index contributed by atoms with van der Waals surface area (Å²) in [4.78, 5) is 12.5. The van der Waals surface area contributed by atoms with Crippen LogP contribution in [0.5, 0.6) is 0 Å². The van der Waals surface area contributed by atoms with Gasteiger partial charge in [0.1, 0.15) is 4.90 Å². The Balaban J connectivity index is 1.74. The number of anilines is 1. The normalized spacial score (nSPS) is 16.9. The fourth-order valence-electron chi connectivity index (χ4n) is 3.09. The van der Waals surface area contributed by atoms with Gasteiger partial charge < -0.3 is 10.1 Å². The van der Waals surface area contributed by atoms with Crippen molar-refractivity contribution in [2.75, 3.05) is 18.5 Å². The van der Waals surface area contributed by atoms with Crippen molar-refractivity contribution >= 4 is 33.2 Å². The van der Waals surface area contributed by atoms with Crippen LogP contribution in [-0.4, -0.2) is 33.6 Å². The van der Waals surface area contributed by atoms with Crippen LogP contribution in [0.25, 0.3) is 0 Å². The van der Waals surface area contributed by atoms with Crippen molar-refractivity contribution in [1.82, 2.24) is 4.72 Å². The third kappa shape index (κ3) is 5.57. The molecular weight excluding hydrogens is 412 g/mol. The highest BCUT2D eigenvalue weighted by Gasteiger charge is 2.23. The van der Waals surface area contributed by atoms with Gasteiger partial charge in [-0.1, -0.05) is 37.6 Å². The van der Waals surface area contributed by atoms with Crippen LogP contribution in [-0.2, 0) is 14.8 Å². The minimum atomic E-state index is -3.86. The first-order chi connectivity index (χ1) is 13.8. The number of sulfonamides is 1. The quantitative estimate of drug-likeness (QED) is 0.682. The van der Waals surface area contributed by atoms with Gasteiger partial charge in [-0.3, -0.25) is 4.79 Å². The van der Waals surface area contributed by atoms with Gasteiger partial charge in [-0.2, -0.15) is 0 Å². The Labute approximate surface area is 176 Å². The highest BCUT2D eigenvalue weighted by Crippen LogP contribution is 2.24. The minimum Gasteiger partial charge on any atom is -0.377 e. The summed E-state index contributed by atoms with van der Waals surface area (Å²) >= 11 is 6.11. The number of amides is 1. The second kappa shape index (κ2) is 9.26. The van der Waals surface area contributed by atoms with Crippen molar-refractivity contribution in [2.24, 2.45) is 0 Å². The van der Waals surface area contributed by atoms with Gasteiger partial charge in [0.25, 0.3) is 5.91 Å². The molecule has 2 aromatic carbocycles. The maximum atomic E-state index is 12.7. The van der Waals surface area contributed by atoms with Gasteiger partial charge in [0.15, 0.2) is 0 Å². The number of halogens is 1. The van der Waals surface area contributed by atoms with Gasteiger partial charge in [-0.05, 0) is 54.7 Å². The standard InChI is InChI=1S/C21H25ClN2O4S/c1-14(2)15-5-8-17(9-6-15)24-21(25)16-7-10-19(22)20(12-16)29(26,27)23-13-18-4-3-11-28-18/h5-10,12,14,18,23H,3-4,11,13H2,1-2H3,(H,24,25). The molecule has 156 valence electrons. The second-order valence-electron chi connectivity index (χ2n) is 7.36. The van der Waals surface area contributed by atoms with Gasteiger partial charge in [-0.25, -0.2) is 13.1 Å². The molecule has 0 saturated carbocycles. The van der Waals surface area contributed by atoms with Gasteiger partial charge in [0, 0.05) is 24.4 Å². The molecule has 3 rings (SSSR count). The van der Waals surface area contributed by atoms with Crippen LogP contribution in [0, 0.1) is 0 Å². The predicted octanol–water partition coefficient (Wildman–Crippen LogP) is 4.17. The van der Waals surface area contributed by atoms with Crippen LogP contribution in [0.15, 0.2) is 47.4 Å². The lowest BCUT2D eigenvalue weighted by Crippen LogP contribution is -2.32. The van der Waals surface area contributed by atoms with Crippen LogP contribution in [0.4, 0.5) is 5.69 Å². The van der Waals surface area contributed by atoms with Crippen molar-refractivity contribution in [2.45, 2.75) is 43.6 Å². The van der Waals surface area contributed by atoms with Gasteiger partial charge >= 0.3 is 0 Å². The lowest BCUT2D eigenvalue weighted by molar-refractivity contribution is 0.102. The molecule has 0 spiro atoms. The molecule has 2 aromatic rings. The van der Waals surface area contributed by atoms with E-state index in [2.05, 4.69) is 23.9 Å². The van der Waals surface area contributed by atoms with E-state index in [0.717, 1.165) is 12.8 Å². The smallest absolute Gasteiger partial charge is 0.255 e. The maximum Gasteiger partial charge on any atom is 0.255 e. The molecule has 2 N–H and O–H groups in total. The molecule has 1 heterocycles. The molecule has 1 amide bonds. The molecule has 0 bridgehead atoms. The van der Waals surface area contributed by atoms with E-state index in [-0.39, 0.29) is 28.1 Å². The minimum absolute atomic E-state index is 0.0580. The van der Waals surface area contributed by atoms with Crippen LogP contribution < -0.4 is 10.0 Å². The Hall–Kier alpha value is -1.93. The topological polar surface area (TPSA) is 84.5 Å². The first kappa shape index (κ1) is 21.8. The highest BCUT2D eigenvalue weighted by atomic mass is 35.5. The van der Waals surface area contributed by atoms with Crippen molar-refractivity contribution in [3.8, 4) is 0 Å². The summed E-state index contributed by atoms with van der Waals surface area (Å²) in [6.45, 7) is 5.00. The summed E-state index contributed by atoms with van der Waals surface area (Å²) < 4.78 is 33.3. The molecule has 0 aliphatic carbocycles. The van der Waals surface area contributed by atoms with E-state index in [9.17, 15) is 13.2 Å². The SMILES string of the molecule is CC(C)c1ccc(NC(=O)c2ccc(Cl)c(S(=O)(=O)NCC3CCCO3)c2)cc1. The first-order valence-electron chi connectivity index (χ1n) is 9.58. The molecular formula is C21H25ClN2O4S. The average Bonchev–Trinajstić information content (AvgIpc) is 3.21. The van der Waals surface area contributed by atoms with Gasteiger partial charge in [-0.15, -0.1) is 0 Å². The maximum absolute atomic E-state index is 12.7.